The molecular weight excluding hydrogens is 478 g/mol. The van der Waals surface area contributed by atoms with Gasteiger partial charge in [-0.3, -0.25) is 4.79 Å². The number of carbonyl (C=O) groups is 1. The predicted octanol–water partition coefficient (Wildman–Crippen LogP) is 4.20. The molecule has 2 aliphatic rings. The number of carboxylic acid groups (broad SMARTS) is 1. The molecule has 0 aliphatic carbocycles. The van der Waals surface area contributed by atoms with Crippen molar-refractivity contribution in [2.45, 2.75) is 32.4 Å². The van der Waals surface area contributed by atoms with Gasteiger partial charge < -0.3 is 33.4 Å². The van der Waals surface area contributed by atoms with Gasteiger partial charge >= 0.3 is 5.97 Å². The molecule has 0 amide bonds. The number of aromatic carboxylic acids is 1. The molecule has 9 nitrogen and oxygen atoms in total. The third kappa shape index (κ3) is 4.57. The Morgan fingerprint density at radius 2 is 1.92 bits per heavy atom. The number of hydrogen-bond acceptors (Lipinski definition) is 7. The molecule has 0 spiro atoms. The van der Waals surface area contributed by atoms with E-state index in [-0.39, 0.29) is 30.2 Å². The first-order valence-corrected chi connectivity index (χ1v) is 12.1. The summed E-state index contributed by atoms with van der Waals surface area (Å²) in [6.07, 6.45) is 1.77. The highest BCUT2D eigenvalue weighted by molar-refractivity contribution is 5.88. The van der Waals surface area contributed by atoms with Crippen LogP contribution in [0.4, 0.5) is 0 Å². The number of methoxy groups -OCH3 is 2. The molecule has 0 radical (unpaired) electrons. The highest BCUT2D eigenvalue weighted by Crippen LogP contribution is 2.43. The molecule has 37 heavy (non-hydrogen) atoms. The number of aromatic nitrogens is 1. The van der Waals surface area contributed by atoms with Crippen molar-refractivity contribution in [1.29, 1.82) is 0 Å². The van der Waals surface area contributed by atoms with Gasteiger partial charge in [0, 0.05) is 29.9 Å². The average molecular weight is 508 g/mol. The summed E-state index contributed by atoms with van der Waals surface area (Å²) in [7, 11) is 3.15. The molecular formula is C28H29NO8. The molecule has 0 saturated carbocycles. The van der Waals surface area contributed by atoms with Crippen LogP contribution in [0.1, 0.15) is 35.8 Å². The summed E-state index contributed by atoms with van der Waals surface area (Å²) in [5.74, 6) is 1.96. The molecule has 1 N–H and O–H groups in total. The van der Waals surface area contributed by atoms with Crippen LogP contribution in [0.15, 0.2) is 47.4 Å². The van der Waals surface area contributed by atoms with Gasteiger partial charge in [-0.2, -0.15) is 0 Å². The zero-order valence-electron chi connectivity index (χ0n) is 21.1. The number of rotatable bonds is 7. The molecule has 2 unspecified atom stereocenters. The van der Waals surface area contributed by atoms with Crippen LogP contribution in [0.25, 0.3) is 11.3 Å². The maximum Gasteiger partial charge on any atom is 0.341 e. The molecule has 2 aliphatic heterocycles. The second-order valence-corrected chi connectivity index (χ2v) is 9.50. The lowest BCUT2D eigenvalue weighted by atomic mass is 9.87. The zero-order chi connectivity index (χ0) is 26.3. The lowest BCUT2D eigenvalue weighted by Gasteiger charge is -2.34. The SMILES string of the molecule is COc1ccc2c(c1)OC(COc1cc3c(cc1OC)-c1cc(=O)c(C(=O)O)cn1C(C(C)C)C3)CO2. The maximum absolute atomic E-state index is 12.6. The fourth-order valence-corrected chi connectivity index (χ4v) is 4.85. The van der Waals surface area contributed by atoms with Crippen LogP contribution < -0.4 is 29.1 Å². The standard InChI is InChI=1S/C28H29NO8/c1-15(2)21-7-16-8-26(36-14-18-13-35-24-6-5-17(33-3)9-27(24)37-18)25(34-4)10-19(16)22-11-23(30)20(28(31)32)12-29(21)22/h5-6,8-12,15,18,21H,7,13-14H2,1-4H3,(H,31,32). The molecule has 3 heterocycles. The van der Waals surface area contributed by atoms with Crippen LogP contribution in [0.2, 0.25) is 0 Å². The monoisotopic (exact) mass is 507 g/mol. The average Bonchev–Trinajstić information content (AvgIpc) is 2.89. The number of pyridine rings is 1. The van der Waals surface area contributed by atoms with Gasteiger partial charge in [0.15, 0.2) is 34.5 Å². The van der Waals surface area contributed by atoms with E-state index in [1.807, 2.05) is 28.8 Å². The second-order valence-electron chi connectivity index (χ2n) is 9.50. The van der Waals surface area contributed by atoms with Crippen LogP contribution >= 0.6 is 0 Å². The van der Waals surface area contributed by atoms with Crippen LogP contribution in [-0.4, -0.2) is 49.2 Å². The van der Waals surface area contributed by atoms with E-state index in [0.717, 1.165) is 11.1 Å². The van der Waals surface area contributed by atoms with Crippen molar-refractivity contribution in [3.63, 3.8) is 0 Å². The van der Waals surface area contributed by atoms with Crippen LogP contribution in [-0.2, 0) is 6.42 Å². The summed E-state index contributed by atoms with van der Waals surface area (Å²) < 4.78 is 30.8. The van der Waals surface area contributed by atoms with E-state index in [9.17, 15) is 14.7 Å². The van der Waals surface area contributed by atoms with Gasteiger partial charge in [0.2, 0.25) is 0 Å². The summed E-state index contributed by atoms with van der Waals surface area (Å²) in [5.41, 5.74) is 1.70. The van der Waals surface area contributed by atoms with E-state index in [0.29, 0.717) is 47.5 Å². The molecule has 2 aromatic carbocycles. The van der Waals surface area contributed by atoms with Gasteiger partial charge in [-0.15, -0.1) is 0 Å². The van der Waals surface area contributed by atoms with Gasteiger partial charge in [0.1, 0.15) is 24.5 Å². The van der Waals surface area contributed by atoms with E-state index in [1.165, 1.54) is 12.3 Å². The second kappa shape index (κ2) is 9.72. The van der Waals surface area contributed by atoms with Gasteiger partial charge in [-0.25, -0.2) is 4.79 Å². The number of carboxylic acids is 1. The zero-order valence-corrected chi connectivity index (χ0v) is 21.1. The Bertz CT molecular complexity index is 1410. The minimum Gasteiger partial charge on any atom is -0.497 e. The lowest BCUT2D eigenvalue weighted by Crippen LogP contribution is -2.34. The first kappa shape index (κ1) is 24.5. The number of benzene rings is 2. The van der Waals surface area contributed by atoms with Crippen molar-refractivity contribution in [3.8, 4) is 40.0 Å². The normalized spacial score (nSPS) is 17.5. The minimum absolute atomic E-state index is 0.0241. The summed E-state index contributed by atoms with van der Waals surface area (Å²) in [4.78, 5) is 24.2. The van der Waals surface area contributed by atoms with Crippen molar-refractivity contribution in [2.24, 2.45) is 5.92 Å². The molecule has 5 rings (SSSR count). The topological polar surface area (TPSA) is 105 Å². The highest BCUT2D eigenvalue weighted by Gasteiger charge is 2.30. The van der Waals surface area contributed by atoms with Crippen molar-refractivity contribution >= 4 is 5.97 Å². The van der Waals surface area contributed by atoms with Crippen molar-refractivity contribution in [3.05, 3.63) is 63.9 Å². The molecule has 0 saturated heterocycles. The number of ether oxygens (including phenoxy) is 5. The predicted molar refractivity (Wildman–Crippen MR) is 136 cm³/mol. The van der Waals surface area contributed by atoms with E-state index >= 15 is 0 Å². The van der Waals surface area contributed by atoms with Crippen molar-refractivity contribution in [2.75, 3.05) is 27.4 Å². The molecule has 0 fully saturated rings. The van der Waals surface area contributed by atoms with Crippen molar-refractivity contribution < 1.29 is 33.6 Å². The minimum atomic E-state index is -1.23. The smallest absolute Gasteiger partial charge is 0.341 e. The molecule has 9 heteroatoms. The largest absolute Gasteiger partial charge is 0.497 e. The Kier molecular flexibility index (Phi) is 6.45. The molecule has 1 aromatic heterocycles. The number of fused-ring (bicyclic) bond motifs is 4. The maximum atomic E-state index is 12.6. The van der Waals surface area contributed by atoms with Crippen LogP contribution in [0, 0.1) is 5.92 Å². The molecule has 3 aromatic rings. The fourth-order valence-electron chi connectivity index (χ4n) is 4.85. The molecule has 2 atom stereocenters. The molecule has 0 bridgehead atoms. The van der Waals surface area contributed by atoms with Gasteiger partial charge in [0.25, 0.3) is 0 Å². The lowest BCUT2D eigenvalue weighted by molar-refractivity contribution is 0.0524. The summed E-state index contributed by atoms with van der Waals surface area (Å²) in [6, 6.07) is 10.6. The third-order valence-electron chi connectivity index (χ3n) is 6.83. The quantitative estimate of drug-likeness (QED) is 0.507. The van der Waals surface area contributed by atoms with Gasteiger partial charge in [-0.1, -0.05) is 13.8 Å². The summed E-state index contributed by atoms with van der Waals surface area (Å²) in [6.45, 7) is 4.72. The van der Waals surface area contributed by atoms with Crippen LogP contribution in [0.3, 0.4) is 0 Å². The van der Waals surface area contributed by atoms with E-state index in [1.54, 1.807) is 20.3 Å². The number of nitrogens with zero attached hydrogens (tertiary/aromatic N) is 1. The Morgan fingerprint density at radius 1 is 1.11 bits per heavy atom. The van der Waals surface area contributed by atoms with E-state index < -0.39 is 11.4 Å². The molecule has 194 valence electrons. The van der Waals surface area contributed by atoms with Gasteiger partial charge in [0.05, 0.1) is 19.9 Å². The summed E-state index contributed by atoms with van der Waals surface area (Å²) in [5, 5.41) is 9.48. The van der Waals surface area contributed by atoms with Gasteiger partial charge in [-0.05, 0) is 42.2 Å². The first-order valence-electron chi connectivity index (χ1n) is 12.1. The number of hydrogen-bond donors (Lipinski definition) is 1. The van der Waals surface area contributed by atoms with E-state index in [2.05, 4.69) is 13.8 Å². The Balaban J connectivity index is 1.44. The summed E-state index contributed by atoms with van der Waals surface area (Å²) >= 11 is 0. The third-order valence-corrected chi connectivity index (χ3v) is 6.83. The highest BCUT2D eigenvalue weighted by atomic mass is 16.6. The Labute approximate surface area is 214 Å². The Hall–Kier alpha value is -4.14. The van der Waals surface area contributed by atoms with E-state index in [4.69, 9.17) is 23.7 Å². The Morgan fingerprint density at radius 3 is 2.62 bits per heavy atom. The first-order chi connectivity index (χ1) is 17.8. The van der Waals surface area contributed by atoms with Crippen molar-refractivity contribution in [1.82, 2.24) is 4.57 Å². The fraction of sp³-hybridized carbons (Fsp3) is 0.357. The van der Waals surface area contributed by atoms with Crippen LogP contribution in [0.5, 0.6) is 28.7 Å².